The maximum Gasteiger partial charge on any atom is 0.220 e. The fourth-order valence-electron chi connectivity index (χ4n) is 0.563. The van der Waals surface area contributed by atoms with Gasteiger partial charge in [-0.3, -0.25) is 4.79 Å². The second kappa shape index (κ2) is 4.57. The summed E-state index contributed by atoms with van der Waals surface area (Å²) in [6.45, 7) is 1.79. The maximum atomic E-state index is 10.5. The largest absolute Gasteiger partial charge is 0.369 e. The molecule has 0 aliphatic rings. The van der Waals surface area contributed by atoms with Crippen molar-refractivity contribution >= 4 is 18.5 Å². The van der Waals surface area contributed by atoms with Gasteiger partial charge in [0.1, 0.15) is 0 Å². The van der Waals surface area contributed by atoms with Crippen molar-refractivity contribution in [2.75, 3.05) is 0 Å². The zero-order valence-corrected chi connectivity index (χ0v) is 6.97. The van der Waals surface area contributed by atoms with E-state index in [1.54, 1.807) is 6.92 Å². The predicted octanol–water partition coefficient (Wildman–Crippen LogP) is 0.103. The molecular weight excluding hydrogens is 148 g/mol. The number of primary amides is 1. The van der Waals surface area contributed by atoms with E-state index in [1.165, 1.54) is 0 Å². The Kier molecular flexibility index (Phi) is 4.47. The zero-order chi connectivity index (χ0) is 8.15. The van der Waals surface area contributed by atoms with Crippen LogP contribution in [0.5, 0.6) is 0 Å². The van der Waals surface area contributed by atoms with Crippen LogP contribution in [0.1, 0.15) is 19.8 Å². The van der Waals surface area contributed by atoms with Gasteiger partial charge in [0, 0.05) is 11.3 Å². The van der Waals surface area contributed by atoms with E-state index in [4.69, 9.17) is 11.5 Å². The summed E-state index contributed by atoms with van der Waals surface area (Å²) in [6.07, 6.45) is 1.45. The van der Waals surface area contributed by atoms with E-state index in [-0.39, 0.29) is 17.2 Å². The third kappa shape index (κ3) is 4.64. The highest BCUT2D eigenvalue weighted by Gasteiger charge is 2.08. The average molecular weight is 162 g/mol. The molecule has 3 nitrogen and oxygen atoms in total. The first-order valence-electron chi connectivity index (χ1n) is 3.27. The Hall–Kier alpha value is -0.220. The third-order valence-corrected chi connectivity index (χ3v) is 1.64. The molecule has 1 amide bonds. The third-order valence-electron chi connectivity index (χ3n) is 1.38. The lowest BCUT2D eigenvalue weighted by Crippen LogP contribution is -2.22. The van der Waals surface area contributed by atoms with Gasteiger partial charge in [-0.15, -0.1) is 0 Å². The summed E-state index contributed by atoms with van der Waals surface area (Å²) < 4.78 is 0. The topological polar surface area (TPSA) is 69.1 Å². The Labute approximate surface area is 66.6 Å². The molecular formula is C6H14N2OS. The van der Waals surface area contributed by atoms with Crippen LogP contribution >= 0.6 is 12.6 Å². The van der Waals surface area contributed by atoms with Gasteiger partial charge in [0.2, 0.25) is 5.91 Å². The molecule has 0 saturated carbocycles. The summed E-state index contributed by atoms with van der Waals surface area (Å²) in [4.78, 5) is 10.5. The first-order valence-corrected chi connectivity index (χ1v) is 3.78. The molecule has 0 aromatic heterocycles. The van der Waals surface area contributed by atoms with Gasteiger partial charge in [0.15, 0.2) is 0 Å². The van der Waals surface area contributed by atoms with Gasteiger partial charge < -0.3 is 11.5 Å². The molecule has 0 aromatic rings. The molecule has 60 valence electrons. The van der Waals surface area contributed by atoms with Gasteiger partial charge in [0.25, 0.3) is 0 Å². The van der Waals surface area contributed by atoms with E-state index in [2.05, 4.69) is 12.6 Å². The van der Waals surface area contributed by atoms with Gasteiger partial charge >= 0.3 is 0 Å². The van der Waals surface area contributed by atoms with Crippen molar-refractivity contribution in [1.29, 1.82) is 0 Å². The molecule has 2 atom stereocenters. The van der Waals surface area contributed by atoms with Crippen LogP contribution in [0.25, 0.3) is 0 Å². The quantitative estimate of drug-likeness (QED) is 0.405. The molecule has 4 N–H and O–H groups in total. The number of hydrogen-bond donors (Lipinski definition) is 3. The fourth-order valence-corrected chi connectivity index (χ4v) is 0.712. The molecule has 0 spiro atoms. The lowest BCUT2D eigenvalue weighted by atomic mass is 10.1. The molecule has 0 aliphatic heterocycles. The number of carbonyl (C=O) groups excluding carboxylic acids is 1. The van der Waals surface area contributed by atoms with Crippen LogP contribution in [0, 0.1) is 5.92 Å². The summed E-state index contributed by atoms with van der Waals surface area (Å²) in [6, 6.07) is 0. The SMILES string of the molecule is CC(CCC(N)S)C(N)=O. The molecule has 0 fully saturated rings. The van der Waals surface area contributed by atoms with E-state index in [0.717, 1.165) is 12.8 Å². The lowest BCUT2D eigenvalue weighted by molar-refractivity contribution is -0.121. The Balaban J connectivity index is 3.40. The summed E-state index contributed by atoms with van der Waals surface area (Å²) in [5, 5.41) is -0.137. The Morgan fingerprint density at radius 3 is 2.40 bits per heavy atom. The van der Waals surface area contributed by atoms with Crippen LogP contribution in [-0.2, 0) is 4.79 Å². The normalized spacial score (nSPS) is 16.3. The summed E-state index contributed by atoms with van der Waals surface area (Å²) in [7, 11) is 0. The molecule has 0 rings (SSSR count). The van der Waals surface area contributed by atoms with Gasteiger partial charge in [-0.05, 0) is 12.8 Å². The highest BCUT2D eigenvalue weighted by molar-refractivity contribution is 7.80. The zero-order valence-electron chi connectivity index (χ0n) is 6.08. The fraction of sp³-hybridized carbons (Fsp3) is 0.833. The van der Waals surface area contributed by atoms with Crippen molar-refractivity contribution < 1.29 is 4.79 Å². The van der Waals surface area contributed by atoms with E-state index < -0.39 is 0 Å². The number of amides is 1. The summed E-state index contributed by atoms with van der Waals surface area (Å²) in [5.41, 5.74) is 10.4. The van der Waals surface area contributed by atoms with Crippen LogP contribution in [0.15, 0.2) is 0 Å². The van der Waals surface area contributed by atoms with Crippen molar-refractivity contribution in [1.82, 2.24) is 0 Å². The molecule has 0 aliphatic carbocycles. The Morgan fingerprint density at radius 2 is 2.10 bits per heavy atom. The number of carbonyl (C=O) groups is 1. The molecule has 2 unspecified atom stereocenters. The molecule has 10 heavy (non-hydrogen) atoms. The number of hydrogen-bond acceptors (Lipinski definition) is 3. The average Bonchev–Trinajstić information content (AvgIpc) is 1.82. The number of thiol groups is 1. The van der Waals surface area contributed by atoms with Crippen molar-refractivity contribution in [2.45, 2.75) is 25.1 Å². The van der Waals surface area contributed by atoms with Gasteiger partial charge in [-0.1, -0.05) is 6.92 Å². The smallest absolute Gasteiger partial charge is 0.220 e. The van der Waals surface area contributed by atoms with Crippen LogP contribution in [0.3, 0.4) is 0 Å². The van der Waals surface area contributed by atoms with Gasteiger partial charge in [-0.2, -0.15) is 12.6 Å². The minimum Gasteiger partial charge on any atom is -0.369 e. The lowest BCUT2D eigenvalue weighted by Gasteiger charge is -2.07. The standard InChI is InChI=1S/C6H14N2OS/c1-4(6(8)9)2-3-5(7)10/h4-5,10H,2-3,7H2,1H3,(H2,8,9). The van der Waals surface area contributed by atoms with Crippen molar-refractivity contribution in [3.05, 3.63) is 0 Å². The van der Waals surface area contributed by atoms with E-state index >= 15 is 0 Å². The van der Waals surface area contributed by atoms with E-state index in [9.17, 15) is 4.79 Å². The minimum atomic E-state index is -0.269. The van der Waals surface area contributed by atoms with Crippen LogP contribution in [-0.4, -0.2) is 11.3 Å². The highest BCUT2D eigenvalue weighted by atomic mass is 32.1. The molecule has 4 heteroatoms. The first-order chi connectivity index (χ1) is 4.54. The monoisotopic (exact) mass is 162 g/mol. The molecule has 0 heterocycles. The van der Waals surface area contributed by atoms with Crippen molar-refractivity contribution in [2.24, 2.45) is 17.4 Å². The highest BCUT2D eigenvalue weighted by Crippen LogP contribution is 2.07. The summed E-state index contributed by atoms with van der Waals surface area (Å²) in [5.74, 6) is -0.354. The van der Waals surface area contributed by atoms with Crippen LogP contribution < -0.4 is 11.5 Å². The number of nitrogens with two attached hydrogens (primary N) is 2. The first kappa shape index (κ1) is 9.78. The predicted molar refractivity (Wildman–Crippen MR) is 44.6 cm³/mol. The van der Waals surface area contributed by atoms with Gasteiger partial charge in [-0.25, -0.2) is 0 Å². The Morgan fingerprint density at radius 1 is 1.60 bits per heavy atom. The Bertz CT molecular complexity index is 116. The minimum absolute atomic E-state index is 0.0850. The molecule has 0 aromatic carbocycles. The number of rotatable bonds is 4. The molecule has 0 saturated heterocycles. The van der Waals surface area contributed by atoms with E-state index in [0.29, 0.717) is 0 Å². The second-order valence-corrected chi connectivity index (χ2v) is 3.11. The molecule has 0 radical (unpaired) electrons. The molecule has 0 bridgehead atoms. The van der Waals surface area contributed by atoms with Crippen molar-refractivity contribution in [3.8, 4) is 0 Å². The van der Waals surface area contributed by atoms with Crippen LogP contribution in [0.4, 0.5) is 0 Å². The summed E-state index contributed by atoms with van der Waals surface area (Å²) >= 11 is 3.97. The van der Waals surface area contributed by atoms with Crippen LogP contribution in [0.2, 0.25) is 0 Å². The second-order valence-electron chi connectivity index (χ2n) is 2.45. The van der Waals surface area contributed by atoms with Crippen molar-refractivity contribution in [3.63, 3.8) is 0 Å². The maximum absolute atomic E-state index is 10.5. The van der Waals surface area contributed by atoms with E-state index in [1.807, 2.05) is 0 Å². The van der Waals surface area contributed by atoms with Gasteiger partial charge in [0.05, 0.1) is 0 Å².